The molecule has 0 amide bonds. The quantitative estimate of drug-likeness (QED) is 0.309. The van der Waals surface area contributed by atoms with Gasteiger partial charge in [0.2, 0.25) is 0 Å². The summed E-state index contributed by atoms with van der Waals surface area (Å²) in [4.78, 5) is 16.5. The number of aromatic nitrogens is 4. The van der Waals surface area contributed by atoms with Gasteiger partial charge >= 0.3 is 0 Å². The monoisotopic (exact) mass is 449 g/mol. The van der Waals surface area contributed by atoms with Gasteiger partial charge in [0.05, 0.1) is 38.1 Å². The first-order valence-corrected chi connectivity index (χ1v) is 11.4. The van der Waals surface area contributed by atoms with Crippen LogP contribution in [0.15, 0.2) is 58.1 Å². The van der Waals surface area contributed by atoms with Crippen molar-refractivity contribution in [2.24, 2.45) is 0 Å². The molecule has 8 nitrogen and oxygen atoms in total. The summed E-state index contributed by atoms with van der Waals surface area (Å²) in [5.41, 5.74) is 1.80. The number of hydrogen-bond donors (Lipinski definition) is 0. The van der Waals surface area contributed by atoms with Crippen LogP contribution in [0.4, 0.5) is 0 Å². The minimum atomic E-state index is 0.490. The lowest BCUT2D eigenvalue weighted by Gasteiger charge is -2.25. The van der Waals surface area contributed by atoms with E-state index < -0.39 is 0 Å². The number of benzene rings is 2. The summed E-state index contributed by atoms with van der Waals surface area (Å²) in [5.74, 6) is 3.27. The van der Waals surface area contributed by atoms with Crippen LogP contribution in [0.25, 0.3) is 22.4 Å². The zero-order valence-corrected chi connectivity index (χ0v) is 18.5. The molecule has 3 heterocycles. The van der Waals surface area contributed by atoms with E-state index >= 15 is 0 Å². The molecular weight excluding hydrogens is 426 g/mol. The topological polar surface area (TPSA) is 86.4 Å². The third-order valence-electron chi connectivity index (χ3n) is 5.23. The Bertz CT molecular complexity index is 1190. The number of rotatable bonds is 7. The van der Waals surface area contributed by atoms with Crippen molar-refractivity contribution < 1.29 is 14.0 Å². The smallest absolute Gasteiger partial charge is 0.257 e. The fourth-order valence-electron chi connectivity index (χ4n) is 3.53. The Morgan fingerprint density at radius 1 is 0.969 bits per heavy atom. The van der Waals surface area contributed by atoms with Crippen LogP contribution in [0, 0.1) is 0 Å². The van der Waals surface area contributed by atoms with E-state index in [9.17, 15) is 0 Å². The van der Waals surface area contributed by atoms with Gasteiger partial charge in [0, 0.05) is 24.0 Å². The van der Waals surface area contributed by atoms with Crippen molar-refractivity contribution in [2.75, 3.05) is 33.4 Å². The van der Waals surface area contributed by atoms with Crippen LogP contribution in [0.5, 0.6) is 5.75 Å². The van der Waals surface area contributed by atoms with E-state index in [2.05, 4.69) is 21.1 Å². The van der Waals surface area contributed by atoms with Gasteiger partial charge in [-0.3, -0.25) is 4.90 Å². The highest BCUT2D eigenvalue weighted by molar-refractivity contribution is 7.98. The summed E-state index contributed by atoms with van der Waals surface area (Å²) in [6.45, 7) is 4.02. The van der Waals surface area contributed by atoms with Crippen molar-refractivity contribution in [3.05, 3.63) is 60.2 Å². The van der Waals surface area contributed by atoms with Crippen LogP contribution < -0.4 is 4.74 Å². The SMILES string of the molecule is COc1ccc(-c2nc(CSc3nc(CN4CCOCC4)nc4ccccc34)no2)cc1. The molecule has 0 unspecified atom stereocenters. The van der Waals surface area contributed by atoms with Gasteiger partial charge < -0.3 is 14.0 Å². The van der Waals surface area contributed by atoms with Crippen LogP contribution in [0.2, 0.25) is 0 Å². The summed E-state index contributed by atoms with van der Waals surface area (Å²) >= 11 is 1.59. The van der Waals surface area contributed by atoms with E-state index in [1.54, 1.807) is 18.9 Å². The highest BCUT2D eigenvalue weighted by atomic mass is 32.2. The van der Waals surface area contributed by atoms with Crippen molar-refractivity contribution in [1.29, 1.82) is 0 Å². The van der Waals surface area contributed by atoms with E-state index in [1.807, 2.05) is 42.5 Å². The zero-order valence-electron chi connectivity index (χ0n) is 17.7. The van der Waals surface area contributed by atoms with Gasteiger partial charge in [-0.05, 0) is 30.3 Å². The molecule has 1 aliphatic rings. The molecule has 0 bridgehead atoms. The zero-order chi connectivity index (χ0) is 21.8. The molecule has 0 spiro atoms. The summed E-state index contributed by atoms with van der Waals surface area (Å²) < 4.78 is 16.1. The van der Waals surface area contributed by atoms with Crippen molar-refractivity contribution >= 4 is 22.7 Å². The second-order valence-electron chi connectivity index (χ2n) is 7.38. The number of ether oxygens (including phenoxy) is 2. The van der Waals surface area contributed by atoms with Gasteiger partial charge in [-0.2, -0.15) is 4.98 Å². The van der Waals surface area contributed by atoms with Gasteiger partial charge in [0.15, 0.2) is 5.82 Å². The lowest BCUT2D eigenvalue weighted by Crippen LogP contribution is -2.36. The number of para-hydroxylation sites is 1. The van der Waals surface area contributed by atoms with Gasteiger partial charge in [0.25, 0.3) is 5.89 Å². The predicted octanol–water partition coefficient (Wildman–Crippen LogP) is 3.81. The summed E-state index contributed by atoms with van der Waals surface area (Å²) in [7, 11) is 1.64. The summed E-state index contributed by atoms with van der Waals surface area (Å²) in [5, 5.41) is 6.10. The Hall–Kier alpha value is -3.01. The molecule has 1 fully saturated rings. The second kappa shape index (κ2) is 9.64. The Morgan fingerprint density at radius 2 is 1.78 bits per heavy atom. The molecule has 1 aliphatic heterocycles. The van der Waals surface area contributed by atoms with Crippen molar-refractivity contribution in [3.63, 3.8) is 0 Å². The lowest BCUT2D eigenvalue weighted by molar-refractivity contribution is 0.0330. The molecule has 2 aromatic heterocycles. The Balaban J connectivity index is 1.33. The number of thioether (sulfide) groups is 1. The maximum absolute atomic E-state index is 5.46. The predicted molar refractivity (Wildman–Crippen MR) is 121 cm³/mol. The van der Waals surface area contributed by atoms with Crippen LogP contribution in [-0.2, 0) is 17.0 Å². The van der Waals surface area contributed by atoms with Crippen LogP contribution in [0.1, 0.15) is 11.6 Å². The largest absolute Gasteiger partial charge is 0.497 e. The third-order valence-corrected chi connectivity index (χ3v) is 6.21. The normalized spacial score (nSPS) is 14.7. The highest BCUT2D eigenvalue weighted by Gasteiger charge is 2.16. The maximum Gasteiger partial charge on any atom is 0.257 e. The van der Waals surface area contributed by atoms with Gasteiger partial charge in [-0.25, -0.2) is 9.97 Å². The average molecular weight is 450 g/mol. The molecule has 164 valence electrons. The fourth-order valence-corrected chi connectivity index (χ4v) is 4.41. The fraction of sp³-hybridized carbons (Fsp3) is 0.304. The van der Waals surface area contributed by atoms with Gasteiger partial charge in [-0.15, -0.1) is 0 Å². The van der Waals surface area contributed by atoms with Gasteiger partial charge in [-0.1, -0.05) is 35.1 Å². The lowest BCUT2D eigenvalue weighted by atomic mass is 10.2. The van der Waals surface area contributed by atoms with Gasteiger partial charge in [0.1, 0.15) is 16.6 Å². The maximum atomic E-state index is 5.46. The summed E-state index contributed by atoms with van der Waals surface area (Å²) in [6, 6.07) is 15.6. The minimum absolute atomic E-state index is 0.490. The molecule has 5 rings (SSSR count). The Morgan fingerprint density at radius 3 is 2.59 bits per heavy atom. The third kappa shape index (κ3) is 4.74. The van der Waals surface area contributed by atoms with Crippen LogP contribution in [-0.4, -0.2) is 58.4 Å². The van der Waals surface area contributed by atoms with E-state index in [-0.39, 0.29) is 0 Å². The molecule has 0 saturated carbocycles. The number of hydrogen-bond acceptors (Lipinski definition) is 9. The van der Waals surface area contributed by atoms with Crippen LogP contribution >= 0.6 is 11.8 Å². The van der Waals surface area contributed by atoms with E-state index in [0.717, 1.165) is 59.4 Å². The van der Waals surface area contributed by atoms with Crippen molar-refractivity contribution in [2.45, 2.75) is 17.3 Å². The number of fused-ring (bicyclic) bond motifs is 1. The van der Waals surface area contributed by atoms with Crippen molar-refractivity contribution in [1.82, 2.24) is 25.0 Å². The summed E-state index contributed by atoms with van der Waals surface area (Å²) in [6.07, 6.45) is 0. The molecule has 9 heteroatoms. The average Bonchev–Trinajstić information content (AvgIpc) is 3.32. The Labute approximate surface area is 190 Å². The van der Waals surface area contributed by atoms with E-state index in [1.165, 1.54) is 0 Å². The van der Waals surface area contributed by atoms with Crippen molar-refractivity contribution in [3.8, 4) is 17.2 Å². The second-order valence-corrected chi connectivity index (χ2v) is 8.35. The first kappa shape index (κ1) is 20.9. The molecular formula is C23H23N5O3S. The Kier molecular flexibility index (Phi) is 6.29. The molecule has 4 aromatic rings. The first-order chi connectivity index (χ1) is 15.8. The van der Waals surface area contributed by atoms with E-state index in [4.69, 9.17) is 24.0 Å². The molecule has 1 saturated heterocycles. The number of morpholine rings is 1. The molecule has 0 N–H and O–H groups in total. The first-order valence-electron chi connectivity index (χ1n) is 10.4. The van der Waals surface area contributed by atoms with Crippen LogP contribution in [0.3, 0.4) is 0 Å². The highest BCUT2D eigenvalue weighted by Crippen LogP contribution is 2.29. The number of nitrogens with zero attached hydrogens (tertiary/aromatic N) is 5. The van der Waals surface area contributed by atoms with E-state index in [0.29, 0.717) is 24.0 Å². The standard InChI is InChI=1S/C23H23N5O3S/c1-29-17-8-6-16(7-9-17)22-25-21(27-31-22)15-32-23-18-4-2-3-5-19(18)24-20(26-23)14-28-10-12-30-13-11-28/h2-9H,10-15H2,1H3. The molecule has 32 heavy (non-hydrogen) atoms. The molecule has 0 aliphatic carbocycles. The number of methoxy groups -OCH3 is 1. The molecule has 0 radical (unpaired) electrons. The molecule has 2 aromatic carbocycles. The molecule has 0 atom stereocenters. The minimum Gasteiger partial charge on any atom is -0.497 e.